The molecular formula is C29H29FN2O. The Morgan fingerprint density at radius 2 is 1.91 bits per heavy atom. The molecule has 1 unspecified atom stereocenters. The number of phenols is 1. The fraction of sp³-hybridized carbons (Fsp3) is 0.310. The quantitative estimate of drug-likeness (QED) is 0.433. The molecular weight excluding hydrogens is 411 g/mol. The minimum Gasteiger partial charge on any atom is -0.508 e. The molecule has 1 aromatic heterocycles. The van der Waals surface area contributed by atoms with Crippen LogP contribution in [0.2, 0.25) is 0 Å². The van der Waals surface area contributed by atoms with Gasteiger partial charge in [0, 0.05) is 35.1 Å². The first-order chi connectivity index (χ1) is 16.1. The number of halogens is 1. The summed E-state index contributed by atoms with van der Waals surface area (Å²) in [5, 5.41) is 11.4. The van der Waals surface area contributed by atoms with Gasteiger partial charge in [0.05, 0.1) is 0 Å². The molecule has 168 valence electrons. The van der Waals surface area contributed by atoms with Gasteiger partial charge in [-0.05, 0) is 85.2 Å². The number of likely N-dealkylation sites (tertiary alicyclic amines) is 1. The summed E-state index contributed by atoms with van der Waals surface area (Å²) in [6, 6.07) is 23.7. The minimum atomic E-state index is -0.201. The molecule has 0 spiro atoms. The Morgan fingerprint density at radius 3 is 2.76 bits per heavy atom. The van der Waals surface area contributed by atoms with Crippen LogP contribution in [0.1, 0.15) is 28.8 Å². The van der Waals surface area contributed by atoms with E-state index in [0.717, 1.165) is 56.2 Å². The van der Waals surface area contributed by atoms with Crippen LogP contribution in [0.4, 0.5) is 4.39 Å². The highest BCUT2D eigenvalue weighted by atomic mass is 19.1. The van der Waals surface area contributed by atoms with Crippen molar-refractivity contribution < 1.29 is 9.50 Å². The van der Waals surface area contributed by atoms with Crippen molar-refractivity contribution in [2.24, 2.45) is 5.92 Å². The molecule has 2 atom stereocenters. The van der Waals surface area contributed by atoms with Gasteiger partial charge in [-0.25, -0.2) is 4.39 Å². The maximum atomic E-state index is 13.9. The van der Waals surface area contributed by atoms with Crippen LogP contribution in [0.5, 0.6) is 5.75 Å². The molecule has 0 radical (unpaired) electrons. The third kappa shape index (κ3) is 3.63. The molecule has 1 aliphatic heterocycles. The molecule has 3 nitrogen and oxygen atoms in total. The van der Waals surface area contributed by atoms with Gasteiger partial charge < -0.3 is 15.0 Å². The molecule has 0 amide bonds. The lowest BCUT2D eigenvalue weighted by Gasteiger charge is -2.51. The highest BCUT2D eigenvalue weighted by Gasteiger charge is 2.48. The summed E-state index contributed by atoms with van der Waals surface area (Å²) in [6.45, 7) is 3.14. The Kier molecular flexibility index (Phi) is 4.99. The molecule has 1 fully saturated rings. The van der Waals surface area contributed by atoms with E-state index in [4.69, 9.17) is 0 Å². The largest absolute Gasteiger partial charge is 0.508 e. The molecule has 2 heterocycles. The molecule has 0 saturated carbocycles. The lowest BCUT2D eigenvalue weighted by molar-refractivity contribution is 0.0822. The minimum absolute atomic E-state index is 0.0194. The second-order valence-corrected chi connectivity index (χ2v) is 9.84. The summed E-state index contributed by atoms with van der Waals surface area (Å²) in [7, 11) is 0. The van der Waals surface area contributed by atoms with Crippen LogP contribution in [-0.2, 0) is 24.7 Å². The fourth-order valence-corrected chi connectivity index (χ4v) is 6.29. The molecule has 3 aromatic carbocycles. The molecule has 33 heavy (non-hydrogen) atoms. The number of aromatic nitrogens is 1. The van der Waals surface area contributed by atoms with Gasteiger partial charge in [0.2, 0.25) is 0 Å². The first-order valence-electron chi connectivity index (χ1n) is 12.0. The summed E-state index contributed by atoms with van der Waals surface area (Å²) in [4.78, 5) is 6.15. The van der Waals surface area contributed by atoms with Gasteiger partial charge in [-0.2, -0.15) is 0 Å². The van der Waals surface area contributed by atoms with Crippen molar-refractivity contribution >= 4 is 10.9 Å². The summed E-state index contributed by atoms with van der Waals surface area (Å²) >= 11 is 0. The van der Waals surface area contributed by atoms with Crippen LogP contribution in [0.25, 0.3) is 10.9 Å². The number of fused-ring (bicyclic) bond motifs is 4. The van der Waals surface area contributed by atoms with Crippen molar-refractivity contribution in [3.63, 3.8) is 0 Å². The fourth-order valence-electron chi connectivity index (χ4n) is 6.29. The van der Waals surface area contributed by atoms with Crippen molar-refractivity contribution in [3.05, 3.63) is 101 Å². The second-order valence-electron chi connectivity index (χ2n) is 9.84. The summed E-state index contributed by atoms with van der Waals surface area (Å²) in [5.74, 6) is 0.574. The van der Waals surface area contributed by atoms with Gasteiger partial charge in [-0.15, -0.1) is 0 Å². The number of H-pyrrole nitrogens is 1. The normalized spacial score (nSPS) is 22.8. The molecule has 6 rings (SSSR count). The number of rotatable bonds is 4. The zero-order valence-electron chi connectivity index (χ0n) is 18.7. The number of hydrogen-bond acceptors (Lipinski definition) is 2. The Labute approximate surface area is 193 Å². The van der Waals surface area contributed by atoms with E-state index in [1.54, 1.807) is 18.2 Å². The van der Waals surface area contributed by atoms with E-state index in [-0.39, 0.29) is 11.2 Å². The first kappa shape index (κ1) is 20.5. The lowest BCUT2D eigenvalue weighted by atomic mass is 9.58. The average Bonchev–Trinajstić information content (AvgIpc) is 3.17. The van der Waals surface area contributed by atoms with Crippen molar-refractivity contribution in [3.8, 4) is 5.75 Å². The van der Waals surface area contributed by atoms with E-state index in [9.17, 15) is 9.50 Å². The van der Waals surface area contributed by atoms with Gasteiger partial charge in [-0.3, -0.25) is 0 Å². The maximum absolute atomic E-state index is 13.9. The number of nitrogens with zero attached hydrogens (tertiary/aromatic N) is 1. The van der Waals surface area contributed by atoms with E-state index in [0.29, 0.717) is 11.7 Å². The predicted octanol–water partition coefficient (Wildman–Crippen LogP) is 5.61. The Morgan fingerprint density at radius 1 is 1.03 bits per heavy atom. The van der Waals surface area contributed by atoms with E-state index < -0.39 is 0 Å². The Hall–Kier alpha value is -3.11. The molecule has 4 heteroatoms. The van der Waals surface area contributed by atoms with Crippen molar-refractivity contribution in [1.29, 1.82) is 0 Å². The van der Waals surface area contributed by atoms with Crippen molar-refractivity contribution in [1.82, 2.24) is 9.88 Å². The van der Waals surface area contributed by atoms with Gasteiger partial charge in [0.25, 0.3) is 0 Å². The van der Waals surface area contributed by atoms with Gasteiger partial charge in [0.15, 0.2) is 0 Å². The van der Waals surface area contributed by atoms with E-state index in [1.165, 1.54) is 22.4 Å². The standard InChI is InChI=1S/C29H29FN2O/c30-23-9-10-25-26-16-22-19-32(13-11-20-5-2-1-3-6-20)14-12-29(22,18-28(26)31-27(25)17-23)21-7-4-8-24(33)15-21/h1-10,15,17,22,31,33H,11-14,16,18-19H2/t22?,29-/m1/s1. The number of piperidine rings is 1. The molecule has 1 saturated heterocycles. The van der Waals surface area contributed by atoms with E-state index >= 15 is 0 Å². The second kappa shape index (κ2) is 8.03. The number of nitrogens with one attached hydrogen (secondary N) is 1. The van der Waals surface area contributed by atoms with Crippen molar-refractivity contribution in [2.45, 2.75) is 31.1 Å². The summed E-state index contributed by atoms with van der Waals surface area (Å²) in [5.41, 5.74) is 6.06. The zero-order valence-corrected chi connectivity index (χ0v) is 18.7. The van der Waals surface area contributed by atoms with Gasteiger partial charge >= 0.3 is 0 Å². The highest BCUT2D eigenvalue weighted by Crippen LogP contribution is 2.49. The van der Waals surface area contributed by atoms with Crippen LogP contribution in [0, 0.1) is 11.7 Å². The number of benzene rings is 3. The highest BCUT2D eigenvalue weighted by molar-refractivity contribution is 5.85. The summed E-state index contributed by atoms with van der Waals surface area (Å²) in [6.07, 6.45) is 3.99. The van der Waals surface area contributed by atoms with E-state index in [1.807, 2.05) is 18.2 Å². The van der Waals surface area contributed by atoms with E-state index in [2.05, 4.69) is 46.3 Å². The number of hydrogen-bond donors (Lipinski definition) is 2. The lowest BCUT2D eigenvalue weighted by Crippen LogP contribution is -2.54. The summed E-state index contributed by atoms with van der Waals surface area (Å²) < 4.78 is 13.9. The van der Waals surface area contributed by atoms with Crippen LogP contribution < -0.4 is 0 Å². The monoisotopic (exact) mass is 440 g/mol. The molecule has 1 aliphatic carbocycles. The average molecular weight is 441 g/mol. The van der Waals surface area contributed by atoms with Crippen LogP contribution in [0.15, 0.2) is 72.8 Å². The first-order valence-corrected chi connectivity index (χ1v) is 12.0. The third-order valence-corrected chi connectivity index (χ3v) is 8.01. The molecule has 2 N–H and O–H groups in total. The SMILES string of the molecule is Oc1cccc([C@]23CCN(CCc4ccccc4)CC2Cc2c([nH]c4cc(F)ccc24)C3)c1. The predicted molar refractivity (Wildman–Crippen MR) is 130 cm³/mol. The number of aromatic amines is 1. The van der Waals surface area contributed by atoms with Crippen LogP contribution in [-0.4, -0.2) is 34.6 Å². The third-order valence-electron chi connectivity index (χ3n) is 8.01. The molecule has 0 bridgehead atoms. The Balaban J connectivity index is 1.35. The van der Waals surface area contributed by atoms with Crippen LogP contribution in [0.3, 0.4) is 0 Å². The molecule has 2 aliphatic rings. The van der Waals surface area contributed by atoms with Gasteiger partial charge in [-0.1, -0.05) is 42.5 Å². The number of aromatic hydroxyl groups is 1. The van der Waals surface area contributed by atoms with Crippen LogP contribution >= 0.6 is 0 Å². The van der Waals surface area contributed by atoms with Crippen molar-refractivity contribution in [2.75, 3.05) is 19.6 Å². The maximum Gasteiger partial charge on any atom is 0.125 e. The Bertz CT molecular complexity index is 1300. The smallest absolute Gasteiger partial charge is 0.125 e. The van der Waals surface area contributed by atoms with Gasteiger partial charge in [0.1, 0.15) is 11.6 Å². The topological polar surface area (TPSA) is 39.3 Å². The zero-order chi connectivity index (χ0) is 22.4. The molecule has 4 aromatic rings. The number of phenolic OH excluding ortho intramolecular Hbond substituents is 1.